The highest BCUT2D eigenvalue weighted by Crippen LogP contribution is 2.34. The zero-order valence-corrected chi connectivity index (χ0v) is 9.05. The standard InChI is InChI=1S/C11H14ClNO/c1-13-10(12)6-9(7-11(13)14)8-4-2-3-5-8/h6-8H,2-5H2,1H3. The quantitative estimate of drug-likeness (QED) is 0.655. The highest BCUT2D eigenvalue weighted by molar-refractivity contribution is 6.29. The molecule has 2 nitrogen and oxygen atoms in total. The molecule has 1 aliphatic rings. The average Bonchev–Trinajstić information content (AvgIpc) is 2.66. The monoisotopic (exact) mass is 211 g/mol. The van der Waals surface area contributed by atoms with Crippen molar-refractivity contribution in [2.24, 2.45) is 7.05 Å². The van der Waals surface area contributed by atoms with Gasteiger partial charge in [0.1, 0.15) is 5.15 Å². The van der Waals surface area contributed by atoms with Crippen LogP contribution in [0.25, 0.3) is 0 Å². The third-order valence-electron chi connectivity index (χ3n) is 3.05. The van der Waals surface area contributed by atoms with E-state index in [2.05, 4.69) is 0 Å². The minimum atomic E-state index is -0.000556. The number of aromatic nitrogens is 1. The van der Waals surface area contributed by atoms with Crippen LogP contribution in [0.3, 0.4) is 0 Å². The average molecular weight is 212 g/mol. The van der Waals surface area contributed by atoms with Crippen LogP contribution in [0.1, 0.15) is 37.2 Å². The second-order valence-electron chi connectivity index (χ2n) is 3.99. The van der Waals surface area contributed by atoms with Crippen molar-refractivity contribution in [2.75, 3.05) is 0 Å². The van der Waals surface area contributed by atoms with Gasteiger partial charge in [-0.15, -0.1) is 0 Å². The van der Waals surface area contributed by atoms with E-state index >= 15 is 0 Å². The lowest BCUT2D eigenvalue weighted by Gasteiger charge is -2.10. The molecule has 0 spiro atoms. The Balaban J connectivity index is 2.39. The molecule has 0 unspecified atom stereocenters. The van der Waals surface area contributed by atoms with Gasteiger partial charge in [0.25, 0.3) is 5.56 Å². The molecule has 1 aromatic heterocycles. The van der Waals surface area contributed by atoms with Gasteiger partial charge in [-0.05, 0) is 30.4 Å². The minimum absolute atomic E-state index is 0.000556. The van der Waals surface area contributed by atoms with Crippen LogP contribution < -0.4 is 5.56 Å². The summed E-state index contributed by atoms with van der Waals surface area (Å²) in [7, 11) is 1.70. The lowest BCUT2D eigenvalue weighted by Crippen LogP contribution is -2.17. The Morgan fingerprint density at radius 1 is 1.36 bits per heavy atom. The van der Waals surface area contributed by atoms with Crippen LogP contribution in [0.2, 0.25) is 5.15 Å². The number of nitrogens with zero attached hydrogens (tertiary/aromatic N) is 1. The summed E-state index contributed by atoms with van der Waals surface area (Å²) in [6.07, 6.45) is 4.95. The van der Waals surface area contributed by atoms with Gasteiger partial charge in [0.15, 0.2) is 0 Å². The fourth-order valence-electron chi connectivity index (χ4n) is 2.12. The largest absolute Gasteiger partial charge is 0.302 e. The van der Waals surface area contributed by atoms with Crippen molar-refractivity contribution in [1.29, 1.82) is 0 Å². The van der Waals surface area contributed by atoms with E-state index in [1.165, 1.54) is 30.3 Å². The summed E-state index contributed by atoms with van der Waals surface area (Å²) in [5.74, 6) is 0.557. The molecule has 0 saturated heterocycles. The molecule has 0 N–H and O–H groups in total. The molecule has 1 saturated carbocycles. The summed E-state index contributed by atoms with van der Waals surface area (Å²) >= 11 is 5.96. The molecular formula is C11H14ClNO. The Kier molecular flexibility index (Phi) is 2.64. The van der Waals surface area contributed by atoms with Crippen molar-refractivity contribution in [2.45, 2.75) is 31.6 Å². The lowest BCUT2D eigenvalue weighted by molar-refractivity contribution is 0.713. The number of halogens is 1. The van der Waals surface area contributed by atoms with Gasteiger partial charge in [-0.1, -0.05) is 24.4 Å². The Morgan fingerprint density at radius 2 is 2.00 bits per heavy atom. The summed E-state index contributed by atoms with van der Waals surface area (Å²) in [6, 6.07) is 3.65. The van der Waals surface area contributed by atoms with E-state index in [4.69, 9.17) is 11.6 Å². The lowest BCUT2D eigenvalue weighted by atomic mass is 9.99. The highest BCUT2D eigenvalue weighted by atomic mass is 35.5. The van der Waals surface area contributed by atoms with Crippen molar-refractivity contribution in [3.05, 3.63) is 33.2 Å². The third kappa shape index (κ3) is 1.71. The van der Waals surface area contributed by atoms with Crippen LogP contribution in [0, 0.1) is 0 Å². The predicted octanol–water partition coefficient (Wildman–Crippen LogP) is 2.70. The van der Waals surface area contributed by atoms with Crippen LogP contribution >= 0.6 is 11.6 Å². The molecule has 1 aromatic rings. The predicted molar refractivity (Wildman–Crippen MR) is 57.9 cm³/mol. The van der Waals surface area contributed by atoms with E-state index < -0.39 is 0 Å². The first-order valence-corrected chi connectivity index (χ1v) is 5.43. The minimum Gasteiger partial charge on any atom is -0.302 e. The molecule has 1 heterocycles. The van der Waals surface area contributed by atoms with Crippen LogP contribution in [0.4, 0.5) is 0 Å². The molecule has 0 aromatic carbocycles. The summed E-state index contributed by atoms with van der Waals surface area (Å²) in [6.45, 7) is 0. The van der Waals surface area contributed by atoms with Crippen molar-refractivity contribution >= 4 is 11.6 Å². The Labute approximate surface area is 88.5 Å². The number of rotatable bonds is 1. The van der Waals surface area contributed by atoms with Gasteiger partial charge in [0, 0.05) is 13.1 Å². The first-order valence-electron chi connectivity index (χ1n) is 5.05. The van der Waals surface area contributed by atoms with E-state index in [0.717, 1.165) is 5.56 Å². The second kappa shape index (κ2) is 3.77. The van der Waals surface area contributed by atoms with Crippen molar-refractivity contribution < 1.29 is 0 Å². The van der Waals surface area contributed by atoms with Crippen molar-refractivity contribution in [3.63, 3.8) is 0 Å². The molecule has 0 radical (unpaired) electrons. The Bertz CT molecular complexity index is 391. The normalized spacial score (nSPS) is 17.6. The van der Waals surface area contributed by atoms with Gasteiger partial charge in [-0.25, -0.2) is 0 Å². The fraction of sp³-hybridized carbons (Fsp3) is 0.545. The molecule has 3 heteroatoms. The summed E-state index contributed by atoms with van der Waals surface area (Å²) < 4.78 is 1.47. The van der Waals surface area contributed by atoms with Gasteiger partial charge in [0.05, 0.1) is 0 Å². The van der Waals surface area contributed by atoms with Gasteiger partial charge >= 0.3 is 0 Å². The molecule has 76 valence electrons. The molecule has 0 aliphatic heterocycles. The van der Waals surface area contributed by atoms with Crippen molar-refractivity contribution in [1.82, 2.24) is 4.57 Å². The number of hydrogen-bond acceptors (Lipinski definition) is 1. The summed E-state index contributed by atoms with van der Waals surface area (Å²) in [5.41, 5.74) is 1.12. The van der Waals surface area contributed by atoms with Crippen LogP contribution in [0.15, 0.2) is 16.9 Å². The topological polar surface area (TPSA) is 22.0 Å². The molecule has 0 amide bonds. The van der Waals surface area contributed by atoms with Gasteiger partial charge in [0.2, 0.25) is 0 Å². The number of pyridine rings is 1. The number of hydrogen-bond donors (Lipinski definition) is 0. The summed E-state index contributed by atoms with van der Waals surface area (Å²) in [4.78, 5) is 11.5. The first-order chi connectivity index (χ1) is 6.68. The maximum Gasteiger partial charge on any atom is 0.251 e. The van der Waals surface area contributed by atoms with Gasteiger partial charge in [-0.3, -0.25) is 4.79 Å². The fourth-order valence-corrected chi connectivity index (χ4v) is 2.32. The smallest absolute Gasteiger partial charge is 0.251 e. The SMILES string of the molecule is Cn1c(Cl)cc(C2CCCC2)cc1=O. The van der Waals surface area contributed by atoms with E-state index in [0.29, 0.717) is 11.1 Å². The van der Waals surface area contributed by atoms with E-state index in [9.17, 15) is 4.79 Å². The third-order valence-corrected chi connectivity index (χ3v) is 3.42. The Hall–Kier alpha value is -0.760. The highest BCUT2D eigenvalue weighted by Gasteiger charge is 2.18. The molecule has 14 heavy (non-hydrogen) atoms. The second-order valence-corrected chi connectivity index (χ2v) is 4.38. The Morgan fingerprint density at radius 3 is 2.57 bits per heavy atom. The van der Waals surface area contributed by atoms with E-state index in [-0.39, 0.29) is 5.56 Å². The molecule has 1 fully saturated rings. The van der Waals surface area contributed by atoms with Gasteiger partial charge < -0.3 is 4.57 Å². The zero-order chi connectivity index (χ0) is 10.1. The first kappa shape index (κ1) is 9.78. The maximum atomic E-state index is 11.5. The van der Waals surface area contributed by atoms with E-state index in [1.807, 2.05) is 6.07 Å². The molecule has 0 bridgehead atoms. The zero-order valence-electron chi connectivity index (χ0n) is 8.29. The molecule has 0 atom stereocenters. The van der Waals surface area contributed by atoms with Crippen LogP contribution in [-0.2, 0) is 7.05 Å². The molecule has 2 rings (SSSR count). The van der Waals surface area contributed by atoms with Crippen LogP contribution in [0.5, 0.6) is 0 Å². The van der Waals surface area contributed by atoms with E-state index in [1.54, 1.807) is 13.1 Å². The molecular weight excluding hydrogens is 198 g/mol. The van der Waals surface area contributed by atoms with Crippen molar-refractivity contribution in [3.8, 4) is 0 Å². The van der Waals surface area contributed by atoms with Gasteiger partial charge in [-0.2, -0.15) is 0 Å². The molecule has 1 aliphatic carbocycles. The van der Waals surface area contributed by atoms with Crippen LogP contribution in [-0.4, -0.2) is 4.57 Å². The maximum absolute atomic E-state index is 11.5. The summed E-state index contributed by atoms with van der Waals surface area (Å²) in [5, 5.41) is 0.541.